The number of thioether (sulfide) groups is 1. The SMILES string of the molecule is CCN1C(=O)CC(SCOC=O)C1=O. The van der Waals surface area contributed by atoms with E-state index in [0.29, 0.717) is 13.0 Å². The lowest BCUT2D eigenvalue weighted by molar-refractivity contribution is -0.138. The zero-order valence-corrected chi connectivity index (χ0v) is 8.58. The number of carbonyl (C=O) groups is 3. The van der Waals surface area contributed by atoms with Crippen LogP contribution in [-0.4, -0.2) is 40.9 Å². The molecule has 0 aromatic rings. The minimum Gasteiger partial charge on any atom is -0.457 e. The van der Waals surface area contributed by atoms with Crippen molar-refractivity contribution in [3.63, 3.8) is 0 Å². The van der Waals surface area contributed by atoms with Gasteiger partial charge in [-0.05, 0) is 6.92 Å². The lowest BCUT2D eigenvalue weighted by Gasteiger charge is -2.10. The summed E-state index contributed by atoms with van der Waals surface area (Å²) in [6, 6.07) is 0. The number of hydrogen-bond donors (Lipinski definition) is 0. The fourth-order valence-corrected chi connectivity index (χ4v) is 2.09. The molecule has 1 rings (SSSR count). The molecule has 1 atom stereocenters. The van der Waals surface area contributed by atoms with E-state index in [0.717, 1.165) is 0 Å². The molecule has 2 amide bonds. The van der Waals surface area contributed by atoms with E-state index in [9.17, 15) is 14.4 Å². The lowest BCUT2D eigenvalue weighted by atomic mass is 10.4. The topological polar surface area (TPSA) is 63.7 Å². The van der Waals surface area contributed by atoms with Gasteiger partial charge in [-0.25, -0.2) is 0 Å². The fourth-order valence-electron chi connectivity index (χ4n) is 1.26. The summed E-state index contributed by atoms with van der Waals surface area (Å²) in [7, 11) is 0. The average Bonchev–Trinajstić information content (AvgIpc) is 2.42. The van der Waals surface area contributed by atoms with Crippen molar-refractivity contribution >= 4 is 30.0 Å². The van der Waals surface area contributed by atoms with E-state index in [1.54, 1.807) is 6.92 Å². The van der Waals surface area contributed by atoms with Crippen LogP contribution in [0.4, 0.5) is 0 Å². The van der Waals surface area contributed by atoms with Crippen molar-refractivity contribution in [1.29, 1.82) is 0 Å². The van der Waals surface area contributed by atoms with E-state index in [1.807, 2.05) is 0 Å². The van der Waals surface area contributed by atoms with Crippen molar-refractivity contribution in [3.8, 4) is 0 Å². The molecule has 0 N–H and O–H groups in total. The molecule has 78 valence electrons. The monoisotopic (exact) mass is 217 g/mol. The number of nitrogens with zero attached hydrogens (tertiary/aromatic N) is 1. The minimum absolute atomic E-state index is 0.116. The van der Waals surface area contributed by atoms with Crippen LogP contribution in [0.3, 0.4) is 0 Å². The summed E-state index contributed by atoms with van der Waals surface area (Å²) >= 11 is 1.17. The first-order valence-electron chi connectivity index (χ1n) is 4.21. The fraction of sp³-hybridized carbons (Fsp3) is 0.625. The quantitative estimate of drug-likeness (QED) is 0.281. The van der Waals surface area contributed by atoms with Gasteiger partial charge in [-0.1, -0.05) is 0 Å². The summed E-state index contributed by atoms with van der Waals surface area (Å²) in [6.07, 6.45) is 0.208. The zero-order valence-electron chi connectivity index (χ0n) is 7.76. The summed E-state index contributed by atoms with van der Waals surface area (Å²) in [5.74, 6) is -0.219. The van der Waals surface area contributed by atoms with Crippen LogP contribution in [0.25, 0.3) is 0 Å². The van der Waals surface area contributed by atoms with E-state index < -0.39 is 0 Å². The molecule has 1 aliphatic heterocycles. The third kappa shape index (κ3) is 2.25. The van der Waals surface area contributed by atoms with Crippen LogP contribution in [0, 0.1) is 0 Å². The average molecular weight is 217 g/mol. The van der Waals surface area contributed by atoms with Gasteiger partial charge in [0.2, 0.25) is 11.8 Å². The maximum atomic E-state index is 11.5. The number of imide groups is 1. The second-order valence-electron chi connectivity index (χ2n) is 2.72. The predicted molar refractivity (Wildman–Crippen MR) is 50.4 cm³/mol. The third-order valence-electron chi connectivity index (χ3n) is 1.92. The first kappa shape index (κ1) is 11.0. The second-order valence-corrected chi connectivity index (χ2v) is 3.85. The molecular weight excluding hydrogens is 206 g/mol. The first-order valence-corrected chi connectivity index (χ1v) is 5.26. The van der Waals surface area contributed by atoms with Crippen LogP contribution < -0.4 is 0 Å². The van der Waals surface area contributed by atoms with Gasteiger partial charge in [0, 0.05) is 13.0 Å². The van der Waals surface area contributed by atoms with Crippen LogP contribution in [0.5, 0.6) is 0 Å². The van der Waals surface area contributed by atoms with Gasteiger partial charge in [0.15, 0.2) is 0 Å². The second kappa shape index (κ2) is 4.99. The van der Waals surface area contributed by atoms with E-state index in [-0.39, 0.29) is 29.4 Å². The Kier molecular flexibility index (Phi) is 3.94. The van der Waals surface area contributed by atoms with E-state index in [2.05, 4.69) is 4.74 Å². The Morgan fingerprint density at radius 3 is 2.86 bits per heavy atom. The van der Waals surface area contributed by atoms with Crippen LogP contribution in [0.15, 0.2) is 0 Å². The number of ether oxygens (including phenoxy) is 1. The summed E-state index contributed by atoms with van der Waals surface area (Å²) in [6.45, 7) is 2.49. The number of amides is 2. The highest BCUT2D eigenvalue weighted by atomic mass is 32.2. The normalized spacial score (nSPS) is 21.5. The zero-order chi connectivity index (χ0) is 10.6. The molecule has 14 heavy (non-hydrogen) atoms. The molecule has 0 radical (unpaired) electrons. The largest absolute Gasteiger partial charge is 0.457 e. The Bertz CT molecular complexity index is 256. The maximum Gasteiger partial charge on any atom is 0.293 e. The molecule has 0 aromatic carbocycles. The molecule has 0 spiro atoms. The van der Waals surface area contributed by atoms with Crippen LogP contribution in [0.2, 0.25) is 0 Å². The van der Waals surface area contributed by atoms with E-state index >= 15 is 0 Å². The molecule has 1 fully saturated rings. The molecule has 0 aliphatic carbocycles. The van der Waals surface area contributed by atoms with Crippen molar-refractivity contribution in [2.75, 3.05) is 12.5 Å². The highest BCUT2D eigenvalue weighted by Crippen LogP contribution is 2.24. The van der Waals surface area contributed by atoms with Crippen LogP contribution >= 0.6 is 11.8 Å². The predicted octanol–water partition coefficient (Wildman–Crippen LogP) is -0.00250. The molecular formula is C8H11NO4S. The van der Waals surface area contributed by atoms with Crippen LogP contribution in [0.1, 0.15) is 13.3 Å². The van der Waals surface area contributed by atoms with Crippen molar-refractivity contribution in [1.82, 2.24) is 4.90 Å². The summed E-state index contributed by atoms with van der Waals surface area (Å²) < 4.78 is 4.45. The van der Waals surface area contributed by atoms with Gasteiger partial charge in [-0.2, -0.15) is 0 Å². The van der Waals surface area contributed by atoms with Crippen molar-refractivity contribution in [2.24, 2.45) is 0 Å². The third-order valence-corrected chi connectivity index (χ3v) is 2.97. The minimum atomic E-state index is -0.387. The Morgan fingerprint density at radius 2 is 2.36 bits per heavy atom. The molecule has 0 saturated carbocycles. The van der Waals surface area contributed by atoms with Gasteiger partial charge in [-0.3, -0.25) is 19.3 Å². The van der Waals surface area contributed by atoms with Gasteiger partial charge in [0.25, 0.3) is 6.47 Å². The summed E-state index contributed by atoms with van der Waals surface area (Å²) in [5.41, 5.74) is 0. The van der Waals surface area contributed by atoms with Gasteiger partial charge in [0.05, 0.1) is 5.25 Å². The van der Waals surface area contributed by atoms with Crippen LogP contribution in [-0.2, 0) is 19.1 Å². The first-order chi connectivity index (χ1) is 6.70. The highest BCUT2D eigenvalue weighted by molar-refractivity contribution is 8.00. The Morgan fingerprint density at radius 1 is 1.64 bits per heavy atom. The van der Waals surface area contributed by atoms with Crippen molar-refractivity contribution in [2.45, 2.75) is 18.6 Å². The van der Waals surface area contributed by atoms with Gasteiger partial charge in [-0.15, -0.1) is 11.8 Å². The molecule has 0 aromatic heterocycles. The molecule has 6 heteroatoms. The summed E-state index contributed by atoms with van der Waals surface area (Å²) in [5, 5.41) is -0.387. The number of carbonyl (C=O) groups excluding carboxylic acids is 3. The van der Waals surface area contributed by atoms with E-state index in [4.69, 9.17) is 0 Å². The Balaban J connectivity index is 2.45. The molecule has 1 aliphatic rings. The Hall–Kier alpha value is -1.04. The Labute approximate surface area is 85.8 Å². The van der Waals surface area contributed by atoms with Gasteiger partial charge in [0.1, 0.15) is 5.94 Å². The molecule has 0 bridgehead atoms. The highest BCUT2D eigenvalue weighted by Gasteiger charge is 2.37. The standard InChI is InChI=1S/C8H11NO4S/c1-2-9-7(11)3-6(8(9)12)14-5-13-4-10/h4,6H,2-3,5H2,1H3. The molecule has 5 nitrogen and oxygen atoms in total. The van der Waals surface area contributed by atoms with Crippen molar-refractivity contribution < 1.29 is 19.1 Å². The molecule has 1 unspecified atom stereocenters. The number of rotatable bonds is 5. The van der Waals surface area contributed by atoms with Crippen molar-refractivity contribution in [3.05, 3.63) is 0 Å². The smallest absolute Gasteiger partial charge is 0.293 e. The molecule has 1 saturated heterocycles. The summed E-state index contributed by atoms with van der Waals surface area (Å²) in [4.78, 5) is 33.8. The lowest BCUT2D eigenvalue weighted by Crippen LogP contribution is -2.30. The van der Waals surface area contributed by atoms with Gasteiger partial charge < -0.3 is 4.74 Å². The number of likely N-dealkylation sites (tertiary alicyclic amines) is 1. The maximum absolute atomic E-state index is 11.5. The molecule has 1 heterocycles. The van der Waals surface area contributed by atoms with E-state index in [1.165, 1.54) is 16.7 Å². The van der Waals surface area contributed by atoms with Gasteiger partial charge >= 0.3 is 0 Å². The number of hydrogen-bond acceptors (Lipinski definition) is 5.